The number of rotatable bonds is 3. The largest absolute Gasteiger partial charge is 0.324 e. The Morgan fingerprint density at radius 3 is 2.67 bits per heavy atom. The Balaban J connectivity index is 1.56. The van der Waals surface area contributed by atoms with Gasteiger partial charge in [0.2, 0.25) is 0 Å². The van der Waals surface area contributed by atoms with Crippen LogP contribution in [0.5, 0.6) is 0 Å². The molecule has 1 atom stereocenters. The average Bonchev–Trinajstić information content (AvgIpc) is 3.05. The molecule has 1 N–H and O–H groups in total. The van der Waals surface area contributed by atoms with Crippen LogP contribution in [0.25, 0.3) is 5.95 Å². The fraction of sp³-hybridized carbons (Fsp3) is 0.600. The summed E-state index contributed by atoms with van der Waals surface area (Å²) in [7, 11) is 0. The topological polar surface area (TPSA) is 75.9 Å². The van der Waals surface area contributed by atoms with Gasteiger partial charge in [0.25, 0.3) is 5.95 Å². The lowest BCUT2D eigenvalue weighted by Crippen LogP contribution is -2.54. The Hall–Kier alpha value is -2.44. The van der Waals surface area contributed by atoms with E-state index in [-0.39, 0.29) is 11.9 Å². The Kier molecular flexibility index (Phi) is 4.61. The molecule has 3 heterocycles. The minimum Gasteiger partial charge on any atom is -0.324 e. The summed E-state index contributed by atoms with van der Waals surface area (Å²) in [5.74, 6) is 2.03. The first kappa shape index (κ1) is 17.9. The second-order valence-corrected chi connectivity index (χ2v) is 8.33. The molecule has 27 heavy (non-hydrogen) atoms. The number of piperidine rings is 1. The molecule has 0 bridgehead atoms. The summed E-state index contributed by atoms with van der Waals surface area (Å²) in [4.78, 5) is 23.5. The van der Waals surface area contributed by atoms with Crippen molar-refractivity contribution in [1.29, 1.82) is 0 Å². The number of urea groups is 1. The normalized spacial score (nSPS) is 21.3. The van der Waals surface area contributed by atoms with E-state index in [0.29, 0.717) is 23.1 Å². The third kappa shape index (κ3) is 3.31. The molecule has 144 valence electrons. The number of aromatic nitrogens is 4. The Labute approximate surface area is 160 Å². The molecule has 2 aromatic rings. The van der Waals surface area contributed by atoms with Gasteiger partial charge in [-0.2, -0.15) is 9.78 Å². The van der Waals surface area contributed by atoms with Crippen molar-refractivity contribution in [1.82, 2.24) is 24.6 Å². The molecule has 1 unspecified atom stereocenters. The number of carbonyl (C=O) groups excluding carboxylic acids is 1. The highest BCUT2D eigenvalue weighted by molar-refractivity contribution is 5.89. The van der Waals surface area contributed by atoms with Gasteiger partial charge in [0.1, 0.15) is 5.82 Å². The fourth-order valence-electron chi connectivity index (χ4n) is 4.24. The van der Waals surface area contributed by atoms with Crippen LogP contribution in [0.15, 0.2) is 24.5 Å². The van der Waals surface area contributed by atoms with Crippen molar-refractivity contribution in [3.63, 3.8) is 0 Å². The Morgan fingerprint density at radius 2 is 2.04 bits per heavy atom. The van der Waals surface area contributed by atoms with Crippen molar-refractivity contribution in [3.8, 4) is 5.95 Å². The van der Waals surface area contributed by atoms with Gasteiger partial charge in [-0.25, -0.2) is 14.8 Å². The number of amides is 2. The van der Waals surface area contributed by atoms with E-state index < -0.39 is 0 Å². The van der Waals surface area contributed by atoms with Crippen molar-refractivity contribution in [2.24, 2.45) is 11.3 Å². The summed E-state index contributed by atoms with van der Waals surface area (Å²) < 4.78 is 1.62. The summed E-state index contributed by atoms with van der Waals surface area (Å²) in [6.45, 7) is 8.16. The number of hydrogen-bond acceptors (Lipinski definition) is 4. The zero-order chi connectivity index (χ0) is 19.0. The molecule has 2 aliphatic rings. The number of hydrogen-bond donors (Lipinski definition) is 1. The highest BCUT2D eigenvalue weighted by atomic mass is 16.2. The second-order valence-electron chi connectivity index (χ2n) is 8.33. The van der Waals surface area contributed by atoms with E-state index in [4.69, 9.17) is 0 Å². The van der Waals surface area contributed by atoms with Crippen molar-refractivity contribution in [2.75, 3.05) is 18.4 Å². The van der Waals surface area contributed by atoms with Gasteiger partial charge in [0.15, 0.2) is 0 Å². The lowest BCUT2D eigenvalue weighted by molar-refractivity contribution is -0.0108. The van der Waals surface area contributed by atoms with E-state index in [2.05, 4.69) is 41.2 Å². The SMILES string of the molecule is CC(C)c1cc(NC(=O)N2CCC(C)C3(CCC3)C2)n(-c2ncccn2)n1. The smallest absolute Gasteiger partial charge is 0.323 e. The molecule has 1 saturated carbocycles. The molecule has 4 rings (SSSR count). The van der Waals surface area contributed by atoms with Crippen LogP contribution in [0.1, 0.15) is 58.1 Å². The number of carbonyl (C=O) groups is 1. The third-order valence-corrected chi connectivity index (χ3v) is 6.32. The average molecular weight is 368 g/mol. The summed E-state index contributed by atoms with van der Waals surface area (Å²) in [5.41, 5.74) is 1.24. The molecule has 0 radical (unpaired) electrons. The quantitative estimate of drug-likeness (QED) is 0.893. The van der Waals surface area contributed by atoms with Crippen LogP contribution in [0, 0.1) is 11.3 Å². The van der Waals surface area contributed by atoms with Crippen LogP contribution in [0.4, 0.5) is 10.6 Å². The minimum atomic E-state index is -0.0550. The number of anilines is 1. The molecule has 2 amide bonds. The zero-order valence-electron chi connectivity index (χ0n) is 16.4. The van der Waals surface area contributed by atoms with E-state index in [1.165, 1.54) is 19.3 Å². The summed E-state index contributed by atoms with van der Waals surface area (Å²) in [6.07, 6.45) is 8.20. The van der Waals surface area contributed by atoms with E-state index in [9.17, 15) is 4.79 Å². The highest BCUT2D eigenvalue weighted by Gasteiger charge is 2.46. The monoisotopic (exact) mass is 368 g/mol. The molecule has 1 spiro atoms. The van der Waals surface area contributed by atoms with Gasteiger partial charge in [-0.3, -0.25) is 5.32 Å². The van der Waals surface area contributed by atoms with Crippen LogP contribution in [-0.2, 0) is 0 Å². The summed E-state index contributed by atoms with van der Waals surface area (Å²) in [6, 6.07) is 3.63. The maximum Gasteiger partial charge on any atom is 0.323 e. The third-order valence-electron chi connectivity index (χ3n) is 6.32. The standard InChI is InChI=1S/C20H28N6O/c1-14(2)16-12-17(26(24-16)18-21-9-5-10-22-18)23-19(27)25-11-6-15(3)20(13-25)7-4-8-20/h5,9-10,12,14-15H,4,6-8,11,13H2,1-3H3,(H,23,27). The first-order valence-corrected chi connectivity index (χ1v) is 9.92. The Morgan fingerprint density at radius 1 is 1.30 bits per heavy atom. The van der Waals surface area contributed by atoms with Crippen LogP contribution in [0.2, 0.25) is 0 Å². The minimum absolute atomic E-state index is 0.0550. The lowest BCUT2D eigenvalue weighted by Gasteiger charge is -2.52. The maximum atomic E-state index is 13.0. The molecule has 1 saturated heterocycles. The molecule has 1 aliphatic heterocycles. The van der Waals surface area contributed by atoms with Crippen LogP contribution >= 0.6 is 0 Å². The predicted octanol–water partition coefficient (Wildman–Crippen LogP) is 3.83. The van der Waals surface area contributed by atoms with E-state index in [0.717, 1.165) is 25.2 Å². The van der Waals surface area contributed by atoms with Gasteiger partial charge < -0.3 is 4.90 Å². The second kappa shape index (κ2) is 6.94. The summed E-state index contributed by atoms with van der Waals surface area (Å²) >= 11 is 0. The lowest BCUT2D eigenvalue weighted by atomic mass is 9.59. The molecular weight excluding hydrogens is 340 g/mol. The van der Waals surface area contributed by atoms with Crippen molar-refractivity contribution >= 4 is 11.8 Å². The van der Waals surface area contributed by atoms with E-state index in [1.807, 2.05) is 11.0 Å². The van der Waals surface area contributed by atoms with Gasteiger partial charge in [-0.15, -0.1) is 0 Å². The number of likely N-dealkylation sites (tertiary alicyclic amines) is 1. The molecule has 2 aromatic heterocycles. The Bertz CT molecular complexity index is 811. The summed E-state index contributed by atoms with van der Waals surface area (Å²) in [5, 5.41) is 7.67. The number of nitrogens with zero attached hydrogens (tertiary/aromatic N) is 5. The van der Waals surface area contributed by atoms with Crippen LogP contribution in [0.3, 0.4) is 0 Å². The molecule has 0 aromatic carbocycles. The van der Waals surface area contributed by atoms with Gasteiger partial charge in [0, 0.05) is 31.5 Å². The van der Waals surface area contributed by atoms with Gasteiger partial charge in [0.05, 0.1) is 5.69 Å². The number of nitrogens with one attached hydrogen (secondary N) is 1. The van der Waals surface area contributed by atoms with Crippen molar-refractivity contribution in [3.05, 3.63) is 30.2 Å². The van der Waals surface area contributed by atoms with Crippen LogP contribution < -0.4 is 5.32 Å². The van der Waals surface area contributed by atoms with E-state index >= 15 is 0 Å². The maximum absolute atomic E-state index is 13.0. The first-order valence-electron chi connectivity index (χ1n) is 9.92. The first-order chi connectivity index (χ1) is 13.0. The van der Waals surface area contributed by atoms with E-state index in [1.54, 1.807) is 23.1 Å². The molecule has 2 fully saturated rings. The highest BCUT2D eigenvalue weighted by Crippen LogP contribution is 2.50. The predicted molar refractivity (Wildman–Crippen MR) is 104 cm³/mol. The fourth-order valence-corrected chi connectivity index (χ4v) is 4.24. The van der Waals surface area contributed by atoms with Gasteiger partial charge >= 0.3 is 6.03 Å². The van der Waals surface area contributed by atoms with Gasteiger partial charge in [-0.1, -0.05) is 27.2 Å². The molecular formula is C20H28N6O. The molecule has 7 heteroatoms. The van der Waals surface area contributed by atoms with Crippen molar-refractivity contribution < 1.29 is 4.79 Å². The van der Waals surface area contributed by atoms with Crippen molar-refractivity contribution in [2.45, 2.75) is 52.4 Å². The molecule has 1 aliphatic carbocycles. The zero-order valence-corrected chi connectivity index (χ0v) is 16.4. The van der Waals surface area contributed by atoms with Crippen LogP contribution in [-0.4, -0.2) is 43.8 Å². The molecule has 7 nitrogen and oxygen atoms in total. The van der Waals surface area contributed by atoms with Gasteiger partial charge in [-0.05, 0) is 42.6 Å².